The van der Waals surface area contributed by atoms with Crippen molar-refractivity contribution in [2.24, 2.45) is 0 Å². The Morgan fingerprint density at radius 3 is 2.19 bits per heavy atom. The maximum Gasteiger partial charge on any atom is 0.338 e. The molecule has 110 valence electrons. The smallest absolute Gasteiger partial charge is 0.338 e. The zero-order chi connectivity index (χ0) is 15.1. The van der Waals surface area contributed by atoms with E-state index in [1.54, 1.807) is 31.4 Å². The van der Waals surface area contributed by atoms with Gasteiger partial charge in [-0.3, -0.25) is 0 Å². The van der Waals surface area contributed by atoms with Gasteiger partial charge in [0, 0.05) is 0 Å². The molecule has 0 bridgehead atoms. The van der Waals surface area contributed by atoms with Gasteiger partial charge in [0.1, 0.15) is 30.5 Å². The molecule has 0 saturated carbocycles. The molecular weight excluding hydrogens is 272 g/mol. The van der Waals surface area contributed by atoms with E-state index in [0.29, 0.717) is 11.3 Å². The van der Waals surface area contributed by atoms with E-state index in [-0.39, 0.29) is 19.0 Å². The number of benzene rings is 2. The molecule has 0 aliphatic carbocycles. The molecule has 0 radical (unpaired) electrons. The van der Waals surface area contributed by atoms with Crippen LogP contribution in [0.5, 0.6) is 17.2 Å². The van der Waals surface area contributed by atoms with Crippen molar-refractivity contribution >= 4 is 5.97 Å². The number of esters is 1. The lowest BCUT2D eigenvalue weighted by atomic mass is 10.2. The maximum absolute atomic E-state index is 11.7. The maximum atomic E-state index is 11.7. The minimum absolute atomic E-state index is 0.106. The molecule has 5 nitrogen and oxygen atoms in total. The summed E-state index contributed by atoms with van der Waals surface area (Å²) in [6.07, 6.45) is 0. The molecular formula is C16H16O5. The summed E-state index contributed by atoms with van der Waals surface area (Å²) in [4.78, 5) is 11.7. The summed E-state index contributed by atoms with van der Waals surface area (Å²) in [5.41, 5.74) is 0.386. The molecule has 0 spiro atoms. The van der Waals surface area contributed by atoms with Crippen LogP contribution in [-0.2, 0) is 4.74 Å². The number of hydrogen-bond donors (Lipinski definition) is 1. The summed E-state index contributed by atoms with van der Waals surface area (Å²) < 4.78 is 15.5. The molecule has 1 N–H and O–H groups in total. The average Bonchev–Trinajstić information content (AvgIpc) is 2.52. The van der Waals surface area contributed by atoms with Gasteiger partial charge in [0.05, 0.1) is 12.7 Å². The Morgan fingerprint density at radius 1 is 0.952 bits per heavy atom. The van der Waals surface area contributed by atoms with Gasteiger partial charge in [-0.25, -0.2) is 4.79 Å². The molecule has 0 heterocycles. The fourth-order valence-corrected chi connectivity index (χ4v) is 1.65. The quantitative estimate of drug-likeness (QED) is 0.654. The van der Waals surface area contributed by atoms with Crippen molar-refractivity contribution in [1.29, 1.82) is 0 Å². The van der Waals surface area contributed by atoms with Gasteiger partial charge in [0.25, 0.3) is 0 Å². The van der Waals surface area contributed by atoms with Crippen LogP contribution in [0.25, 0.3) is 0 Å². The van der Waals surface area contributed by atoms with Crippen LogP contribution in [-0.4, -0.2) is 31.4 Å². The third kappa shape index (κ3) is 4.42. The molecule has 2 aromatic rings. The standard InChI is InChI=1S/C16H16O5/c1-19-14-6-8-15(9-7-14)20-10-11-21-16(18)12-2-4-13(17)5-3-12/h2-9,17H,10-11H2,1H3. The second kappa shape index (κ2) is 7.19. The first-order valence-corrected chi connectivity index (χ1v) is 6.42. The number of phenolic OH excluding ortho intramolecular Hbond substituents is 1. The first-order valence-electron chi connectivity index (χ1n) is 6.42. The van der Waals surface area contributed by atoms with Crippen LogP contribution in [0, 0.1) is 0 Å². The van der Waals surface area contributed by atoms with Crippen molar-refractivity contribution in [3.63, 3.8) is 0 Å². The Labute approximate surface area is 122 Å². The lowest BCUT2D eigenvalue weighted by Gasteiger charge is -2.08. The highest BCUT2D eigenvalue weighted by atomic mass is 16.6. The Balaban J connectivity index is 1.73. The van der Waals surface area contributed by atoms with E-state index in [1.807, 2.05) is 0 Å². The molecule has 0 aliphatic rings. The SMILES string of the molecule is COc1ccc(OCCOC(=O)c2ccc(O)cc2)cc1. The lowest BCUT2D eigenvalue weighted by molar-refractivity contribution is 0.0450. The molecule has 0 atom stereocenters. The topological polar surface area (TPSA) is 65.0 Å². The van der Waals surface area contributed by atoms with Crippen molar-refractivity contribution in [2.45, 2.75) is 0 Å². The van der Waals surface area contributed by atoms with Gasteiger partial charge in [-0.05, 0) is 48.5 Å². The molecule has 21 heavy (non-hydrogen) atoms. The third-order valence-corrected chi connectivity index (χ3v) is 2.75. The van der Waals surface area contributed by atoms with E-state index in [0.717, 1.165) is 5.75 Å². The highest BCUT2D eigenvalue weighted by Gasteiger charge is 2.06. The first-order chi connectivity index (χ1) is 10.2. The number of aromatic hydroxyl groups is 1. The van der Waals surface area contributed by atoms with Gasteiger partial charge < -0.3 is 19.3 Å². The van der Waals surface area contributed by atoms with E-state index >= 15 is 0 Å². The molecule has 0 saturated heterocycles. The Hall–Kier alpha value is -2.69. The van der Waals surface area contributed by atoms with Gasteiger partial charge in [-0.1, -0.05) is 0 Å². The van der Waals surface area contributed by atoms with Crippen molar-refractivity contribution < 1.29 is 24.1 Å². The monoisotopic (exact) mass is 288 g/mol. The lowest BCUT2D eigenvalue weighted by Crippen LogP contribution is -2.12. The summed E-state index contributed by atoms with van der Waals surface area (Å²) in [7, 11) is 1.60. The second-order valence-electron chi connectivity index (χ2n) is 4.21. The first kappa shape index (κ1) is 14.7. The molecule has 0 aliphatic heterocycles. The van der Waals surface area contributed by atoms with Gasteiger partial charge in [-0.2, -0.15) is 0 Å². The van der Waals surface area contributed by atoms with Crippen molar-refractivity contribution in [1.82, 2.24) is 0 Å². The van der Waals surface area contributed by atoms with Crippen LogP contribution < -0.4 is 9.47 Å². The zero-order valence-corrected chi connectivity index (χ0v) is 11.6. The number of carbonyl (C=O) groups excluding carboxylic acids is 1. The largest absolute Gasteiger partial charge is 0.508 e. The second-order valence-corrected chi connectivity index (χ2v) is 4.21. The third-order valence-electron chi connectivity index (χ3n) is 2.75. The van der Waals surface area contributed by atoms with E-state index in [1.165, 1.54) is 24.3 Å². The normalized spacial score (nSPS) is 9.95. The van der Waals surface area contributed by atoms with Gasteiger partial charge in [0.15, 0.2) is 0 Å². The van der Waals surface area contributed by atoms with Crippen molar-refractivity contribution in [3.8, 4) is 17.2 Å². The van der Waals surface area contributed by atoms with E-state index < -0.39 is 5.97 Å². The van der Waals surface area contributed by atoms with Crippen LogP contribution in [0.2, 0.25) is 0 Å². The summed E-state index contributed by atoms with van der Waals surface area (Å²) in [6, 6.07) is 13.0. The van der Waals surface area contributed by atoms with Crippen molar-refractivity contribution in [3.05, 3.63) is 54.1 Å². The predicted octanol–water partition coefficient (Wildman–Crippen LogP) is 2.64. The number of hydrogen-bond acceptors (Lipinski definition) is 5. The molecule has 0 amide bonds. The van der Waals surface area contributed by atoms with E-state index in [4.69, 9.17) is 19.3 Å². The van der Waals surface area contributed by atoms with Crippen LogP contribution in [0.3, 0.4) is 0 Å². The highest BCUT2D eigenvalue weighted by Crippen LogP contribution is 2.16. The minimum Gasteiger partial charge on any atom is -0.508 e. The Kier molecular flexibility index (Phi) is 5.04. The summed E-state index contributed by atoms with van der Waals surface area (Å²) in [6.45, 7) is 0.405. The number of phenols is 1. The highest BCUT2D eigenvalue weighted by molar-refractivity contribution is 5.89. The molecule has 0 aromatic heterocycles. The fourth-order valence-electron chi connectivity index (χ4n) is 1.65. The number of methoxy groups -OCH3 is 1. The fraction of sp³-hybridized carbons (Fsp3) is 0.188. The minimum atomic E-state index is -0.451. The molecule has 0 fully saturated rings. The number of carbonyl (C=O) groups is 1. The molecule has 2 aromatic carbocycles. The number of ether oxygens (including phenoxy) is 3. The van der Waals surface area contributed by atoms with Crippen LogP contribution in [0.4, 0.5) is 0 Å². The van der Waals surface area contributed by atoms with Crippen LogP contribution >= 0.6 is 0 Å². The van der Waals surface area contributed by atoms with Crippen LogP contribution in [0.15, 0.2) is 48.5 Å². The van der Waals surface area contributed by atoms with Crippen LogP contribution in [0.1, 0.15) is 10.4 Å². The zero-order valence-electron chi connectivity index (χ0n) is 11.6. The van der Waals surface area contributed by atoms with Gasteiger partial charge in [0.2, 0.25) is 0 Å². The Bertz CT molecular complexity index is 575. The van der Waals surface area contributed by atoms with E-state index in [9.17, 15) is 4.79 Å². The molecule has 0 unspecified atom stereocenters. The molecule has 2 rings (SSSR count). The Morgan fingerprint density at radius 2 is 1.57 bits per heavy atom. The van der Waals surface area contributed by atoms with Crippen molar-refractivity contribution in [2.75, 3.05) is 20.3 Å². The van der Waals surface area contributed by atoms with E-state index in [2.05, 4.69) is 0 Å². The molecule has 5 heteroatoms. The number of rotatable bonds is 6. The predicted molar refractivity (Wildman–Crippen MR) is 76.9 cm³/mol. The van der Waals surface area contributed by atoms with Gasteiger partial charge in [-0.15, -0.1) is 0 Å². The summed E-state index contributed by atoms with van der Waals surface area (Å²) in [5.74, 6) is 1.08. The summed E-state index contributed by atoms with van der Waals surface area (Å²) in [5, 5.41) is 9.13. The summed E-state index contributed by atoms with van der Waals surface area (Å²) >= 11 is 0. The van der Waals surface area contributed by atoms with Gasteiger partial charge >= 0.3 is 5.97 Å². The average molecular weight is 288 g/mol.